The van der Waals surface area contributed by atoms with Gasteiger partial charge in [-0.05, 0) is 38.0 Å². The molecule has 1 N–H and O–H groups in total. The van der Waals surface area contributed by atoms with Crippen molar-refractivity contribution < 1.29 is 22.4 Å². The van der Waals surface area contributed by atoms with Crippen LogP contribution in [0.15, 0.2) is 18.2 Å². The Bertz CT molecular complexity index is 524. The Hall–Kier alpha value is -1.79. The minimum atomic E-state index is -4.59. The van der Waals surface area contributed by atoms with Crippen molar-refractivity contribution >= 4 is 11.6 Å². The van der Waals surface area contributed by atoms with Gasteiger partial charge < -0.3 is 10.2 Å². The van der Waals surface area contributed by atoms with E-state index in [0.29, 0.717) is 19.2 Å². The number of benzene rings is 1. The first-order valence-electron chi connectivity index (χ1n) is 6.71. The molecule has 1 fully saturated rings. The fraction of sp³-hybridized carbons (Fsp3) is 0.500. The molecule has 21 heavy (non-hydrogen) atoms. The van der Waals surface area contributed by atoms with Gasteiger partial charge in [0, 0.05) is 13.1 Å². The highest BCUT2D eigenvalue weighted by Gasteiger charge is 2.31. The van der Waals surface area contributed by atoms with E-state index in [1.807, 2.05) is 0 Å². The van der Waals surface area contributed by atoms with Gasteiger partial charge >= 0.3 is 6.18 Å². The minimum Gasteiger partial charge on any atom is -0.372 e. The fourth-order valence-electron chi connectivity index (χ4n) is 2.31. The summed E-state index contributed by atoms with van der Waals surface area (Å²) in [5, 5.41) is 2.63. The van der Waals surface area contributed by atoms with Gasteiger partial charge in [0.25, 0.3) is 0 Å². The number of halogens is 4. The van der Waals surface area contributed by atoms with Crippen LogP contribution in [0.5, 0.6) is 0 Å². The number of nitrogens with zero attached hydrogens (tertiary/aromatic N) is 1. The summed E-state index contributed by atoms with van der Waals surface area (Å²) in [5.41, 5.74) is -1.16. The molecule has 3 nitrogen and oxygen atoms in total. The first kappa shape index (κ1) is 15.6. The maximum Gasteiger partial charge on any atom is 0.416 e. The van der Waals surface area contributed by atoms with Gasteiger partial charge in [0.1, 0.15) is 11.9 Å². The smallest absolute Gasteiger partial charge is 0.372 e. The van der Waals surface area contributed by atoms with Gasteiger partial charge in [0.05, 0.1) is 11.3 Å². The van der Waals surface area contributed by atoms with E-state index in [2.05, 4.69) is 5.32 Å². The molecule has 0 radical (unpaired) electrons. The van der Waals surface area contributed by atoms with Crippen LogP contribution in [-0.2, 0) is 11.0 Å². The quantitative estimate of drug-likeness (QED) is 0.869. The SMILES string of the molecule is CC(Nc1ccc(C(F)(F)F)cc1F)C(=O)N1CCCC1. The van der Waals surface area contributed by atoms with E-state index in [1.54, 1.807) is 11.8 Å². The summed E-state index contributed by atoms with van der Waals surface area (Å²) < 4.78 is 51.0. The van der Waals surface area contributed by atoms with Crippen LogP contribution < -0.4 is 5.32 Å². The number of amides is 1. The van der Waals surface area contributed by atoms with Crippen molar-refractivity contribution in [1.82, 2.24) is 4.90 Å². The predicted molar refractivity (Wildman–Crippen MR) is 70.3 cm³/mol. The molecule has 2 rings (SSSR count). The van der Waals surface area contributed by atoms with Crippen LogP contribution in [0, 0.1) is 5.82 Å². The Morgan fingerprint density at radius 3 is 2.43 bits per heavy atom. The van der Waals surface area contributed by atoms with E-state index in [4.69, 9.17) is 0 Å². The number of carbonyl (C=O) groups excluding carboxylic acids is 1. The third-order valence-corrected chi connectivity index (χ3v) is 3.46. The molecule has 1 aromatic carbocycles. The lowest BCUT2D eigenvalue weighted by Gasteiger charge is -2.22. The van der Waals surface area contributed by atoms with Gasteiger partial charge in [0.15, 0.2) is 0 Å². The lowest BCUT2D eigenvalue weighted by molar-refractivity contribution is -0.137. The Balaban J connectivity index is 2.07. The van der Waals surface area contributed by atoms with Crippen molar-refractivity contribution in [2.24, 2.45) is 0 Å². The van der Waals surface area contributed by atoms with Gasteiger partial charge in [-0.1, -0.05) is 0 Å². The normalized spacial score (nSPS) is 16.9. The number of anilines is 1. The first-order valence-corrected chi connectivity index (χ1v) is 6.71. The average molecular weight is 304 g/mol. The van der Waals surface area contributed by atoms with Crippen LogP contribution in [0.3, 0.4) is 0 Å². The van der Waals surface area contributed by atoms with E-state index in [-0.39, 0.29) is 11.6 Å². The van der Waals surface area contributed by atoms with Crippen LogP contribution in [0.1, 0.15) is 25.3 Å². The number of nitrogens with one attached hydrogen (secondary N) is 1. The maximum atomic E-state index is 13.7. The van der Waals surface area contributed by atoms with E-state index >= 15 is 0 Å². The Morgan fingerprint density at radius 2 is 1.90 bits per heavy atom. The van der Waals surface area contributed by atoms with Crippen LogP contribution in [-0.4, -0.2) is 29.9 Å². The number of alkyl halides is 3. The number of hydrogen-bond donors (Lipinski definition) is 1. The molecule has 0 saturated carbocycles. The summed E-state index contributed by atoms with van der Waals surface area (Å²) in [5.74, 6) is -1.20. The van der Waals surface area contributed by atoms with Crippen LogP contribution in [0.4, 0.5) is 23.2 Å². The highest BCUT2D eigenvalue weighted by molar-refractivity contribution is 5.84. The first-order chi connectivity index (χ1) is 9.79. The monoisotopic (exact) mass is 304 g/mol. The summed E-state index contributed by atoms with van der Waals surface area (Å²) in [4.78, 5) is 13.7. The molecule has 7 heteroatoms. The molecule has 1 atom stereocenters. The van der Waals surface area contributed by atoms with Gasteiger partial charge in [0.2, 0.25) is 5.91 Å². The highest BCUT2D eigenvalue weighted by atomic mass is 19.4. The molecular formula is C14H16F4N2O. The van der Waals surface area contributed by atoms with Crippen molar-refractivity contribution in [3.05, 3.63) is 29.6 Å². The number of carbonyl (C=O) groups is 1. The lowest BCUT2D eigenvalue weighted by Crippen LogP contribution is -2.39. The second-order valence-corrected chi connectivity index (χ2v) is 5.09. The molecule has 1 aromatic rings. The van der Waals surface area contributed by atoms with Crippen molar-refractivity contribution in [2.45, 2.75) is 32.0 Å². The minimum absolute atomic E-state index is 0.108. The van der Waals surface area contributed by atoms with E-state index in [9.17, 15) is 22.4 Å². The molecular weight excluding hydrogens is 288 g/mol. The Kier molecular flexibility index (Phi) is 4.39. The van der Waals surface area contributed by atoms with Crippen LogP contribution >= 0.6 is 0 Å². The summed E-state index contributed by atoms with van der Waals surface area (Å²) in [6, 6.07) is 1.54. The number of hydrogen-bond acceptors (Lipinski definition) is 2. The van der Waals surface area contributed by atoms with Crippen molar-refractivity contribution in [1.29, 1.82) is 0 Å². The predicted octanol–water partition coefficient (Wildman–Crippen LogP) is 3.27. The molecule has 116 valence electrons. The van der Waals surface area contributed by atoms with Crippen LogP contribution in [0.2, 0.25) is 0 Å². The van der Waals surface area contributed by atoms with Gasteiger partial charge in [-0.2, -0.15) is 13.2 Å². The second-order valence-electron chi connectivity index (χ2n) is 5.09. The van der Waals surface area contributed by atoms with Crippen molar-refractivity contribution in [3.63, 3.8) is 0 Å². The molecule has 0 aromatic heterocycles. The van der Waals surface area contributed by atoms with Crippen molar-refractivity contribution in [3.8, 4) is 0 Å². The Labute approximate surface area is 119 Å². The topological polar surface area (TPSA) is 32.3 Å². The average Bonchev–Trinajstić information content (AvgIpc) is 2.92. The number of likely N-dealkylation sites (tertiary alicyclic amines) is 1. The zero-order valence-electron chi connectivity index (χ0n) is 11.5. The van der Waals surface area contributed by atoms with Crippen molar-refractivity contribution in [2.75, 3.05) is 18.4 Å². The standard InChI is InChI=1S/C14H16F4N2O/c1-9(13(21)20-6-2-3-7-20)19-12-5-4-10(8-11(12)15)14(16,17)18/h4-5,8-9,19H,2-3,6-7H2,1H3. The second kappa shape index (κ2) is 5.91. The molecule has 0 spiro atoms. The zero-order chi connectivity index (χ0) is 15.6. The van der Waals surface area contributed by atoms with E-state index < -0.39 is 23.6 Å². The van der Waals surface area contributed by atoms with E-state index in [0.717, 1.165) is 25.0 Å². The molecule has 1 unspecified atom stereocenters. The molecule has 0 bridgehead atoms. The molecule has 1 heterocycles. The summed E-state index contributed by atoms with van der Waals surface area (Å²) >= 11 is 0. The maximum absolute atomic E-state index is 13.7. The molecule has 1 aliphatic rings. The number of rotatable bonds is 3. The third-order valence-electron chi connectivity index (χ3n) is 3.46. The van der Waals surface area contributed by atoms with E-state index in [1.165, 1.54) is 0 Å². The molecule has 0 aliphatic carbocycles. The van der Waals surface area contributed by atoms with Gasteiger partial charge in [-0.25, -0.2) is 4.39 Å². The molecule has 1 saturated heterocycles. The lowest BCUT2D eigenvalue weighted by atomic mass is 10.1. The summed E-state index contributed by atoms with van der Waals surface area (Å²) in [6.45, 7) is 2.90. The summed E-state index contributed by atoms with van der Waals surface area (Å²) in [7, 11) is 0. The fourth-order valence-corrected chi connectivity index (χ4v) is 2.31. The van der Waals surface area contributed by atoms with Gasteiger partial charge in [-0.15, -0.1) is 0 Å². The molecule has 1 amide bonds. The highest BCUT2D eigenvalue weighted by Crippen LogP contribution is 2.31. The molecule has 1 aliphatic heterocycles. The van der Waals surface area contributed by atoms with Gasteiger partial charge in [-0.3, -0.25) is 4.79 Å². The van der Waals surface area contributed by atoms with Crippen LogP contribution in [0.25, 0.3) is 0 Å². The zero-order valence-corrected chi connectivity index (χ0v) is 11.5. The summed E-state index contributed by atoms with van der Waals surface area (Å²) in [6.07, 6.45) is -2.71. The third kappa shape index (κ3) is 3.65. The largest absolute Gasteiger partial charge is 0.416 e. The Morgan fingerprint density at radius 1 is 1.29 bits per heavy atom.